The molecular weight excluding hydrogens is 464 g/mol. The second-order valence-electron chi connectivity index (χ2n) is 9.21. The third-order valence-corrected chi connectivity index (χ3v) is 6.41. The van der Waals surface area contributed by atoms with Crippen LogP contribution < -0.4 is 15.5 Å². The highest BCUT2D eigenvalue weighted by Gasteiger charge is 2.20. The van der Waals surface area contributed by atoms with Crippen LogP contribution in [0.2, 0.25) is 0 Å². The number of carbonyl (C=O) groups excluding carboxylic acids is 1. The first kappa shape index (κ1) is 24.3. The molecule has 9 heteroatoms. The highest BCUT2D eigenvalue weighted by Crippen LogP contribution is 2.27. The first-order chi connectivity index (χ1) is 18.0. The van der Waals surface area contributed by atoms with E-state index in [-0.39, 0.29) is 5.91 Å². The number of carbonyl (C=O) groups is 1. The number of aromatic nitrogens is 4. The molecule has 188 valence electrons. The quantitative estimate of drug-likeness (QED) is 0.409. The minimum absolute atomic E-state index is 0.221. The van der Waals surface area contributed by atoms with Crippen molar-refractivity contribution in [3.8, 4) is 11.4 Å². The van der Waals surface area contributed by atoms with Crippen molar-refractivity contribution in [3.05, 3.63) is 83.6 Å². The van der Waals surface area contributed by atoms with E-state index in [0.717, 1.165) is 48.6 Å². The van der Waals surface area contributed by atoms with Crippen LogP contribution >= 0.6 is 0 Å². The largest absolute Gasteiger partial charge is 0.338 e. The Hall–Kier alpha value is -4.37. The number of aryl methyl sites for hydroxylation is 2. The number of nitrogens with zero attached hydrogens (tertiary/aromatic N) is 6. The molecule has 0 spiro atoms. The number of para-hydroxylation sites is 1. The van der Waals surface area contributed by atoms with Crippen molar-refractivity contribution in [3.63, 3.8) is 0 Å². The molecule has 4 aromatic rings. The topological polar surface area (TPSA) is 99.2 Å². The number of hydrogen-bond acceptors (Lipinski definition) is 8. The molecule has 0 unspecified atom stereocenters. The van der Waals surface area contributed by atoms with E-state index in [0.29, 0.717) is 29.1 Å². The summed E-state index contributed by atoms with van der Waals surface area (Å²) in [5.74, 6) is 1.88. The normalized spacial score (nSPS) is 13.9. The number of anilines is 4. The van der Waals surface area contributed by atoms with Crippen molar-refractivity contribution < 1.29 is 4.79 Å². The number of rotatable bonds is 6. The molecule has 0 bridgehead atoms. The fourth-order valence-electron chi connectivity index (χ4n) is 4.33. The lowest BCUT2D eigenvalue weighted by Crippen LogP contribution is -2.45. The van der Waals surface area contributed by atoms with E-state index in [1.165, 1.54) is 0 Å². The Morgan fingerprint density at radius 1 is 0.865 bits per heavy atom. The molecule has 5 rings (SSSR count). The first-order valence-corrected chi connectivity index (χ1v) is 12.3. The molecule has 0 saturated carbocycles. The van der Waals surface area contributed by atoms with Crippen LogP contribution in [0, 0.1) is 13.8 Å². The van der Waals surface area contributed by atoms with E-state index in [1.54, 1.807) is 18.3 Å². The Bertz CT molecular complexity index is 1380. The van der Waals surface area contributed by atoms with Crippen LogP contribution in [0.15, 0.2) is 66.9 Å². The van der Waals surface area contributed by atoms with Gasteiger partial charge in [-0.25, -0.2) is 4.98 Å². The average Bonchev–Trinajstić information content (AvgIpc) is 2.90. The van der Waals surface area contributed by atoms with Gasteiger partial charge in [0.2, 0.25) is 11.9 Å². The lowest BCUT2D eigenvalue weighted by atomic mass is 10.0. The second kappa shape index (κ2) is 10.7. The highest BCUT2D eigenvalue weighted by atomic mass is 16.1. The van der Waals surface area contributed by atoms with Crippen molar-refractivity contribution in [2.45, 2.75) is 13.8 Å². The first-order valence-electron chi connectivity index (χ1n) is 12.3. The van der Waals surface area contributed by atoms with Crippen LogP contribution in [0.4, 0.5) is 23.4 Å². The number of pyridine rings is 1. The molecule has 0 aliphatic carbocycles. The van der Waals surface area contributed by atoms with Gasteiger partial charge in [-0.05, 0) is 56.3 Å². The summed E-state index contributed by atoms with van der Waals surface area (Å²) in [6.07, 6.45) is 1.59. The SMILES string of the molecule is Cc1cccc(C)c1-c1nc(Nc2cc(C(=O)Nc3ccccc3)ccn2)nc(N2CCN(C)CC2)n1. The van der Waals surface area contributed by atoms with Gasteiger partial charge in [0.15, 0.2) is 5.82 Å². The lowest BCUT2D eigenvalue weighted by molar-refractivity contribution is 0.102. The van der Waals surface area contributed by atoms with Crippen molar-refractivity contribution >= 4 is 29.3 Å². The Balaban J connectivity index is 1.46. The van der Waals surface area contributed by atoms with E-state index >= 15 is 0 Å². The Morgan fingerprint density at radius 3 is 2.32 bits per heavy atom. The molecule has 1 aliphatic heterocycles. The second-order valence-corrected chi connectivity index (χ2v) is 9.21. The zero-order chi connectivity index (χ0) is 25.8. The number of hydrogen-bond donors (Lipinski definition) is 2. The summed E-state index contributed by atoms with van der Waals surface area (Å²) in [5.41, 5.74) is 4.39. The van der Waals surface area contributed by atoms with Gasteiger partial charge in [-0.1, -0.05) is 36.4 Å². The van der Waals surface area contributed by atoms with Crippen LogP contribution in [-0.4, -0.2) is 64.0 Å². The van der Waals surface area contributed by atoms with E-state index in [2.05, 4.69) is 58.4 Å². The zero-order valence-corrected chi connectivity index (χ0v) is 21.3. The van der Waals surface area contributed by atoms with E-state index < -0.39 is 0 Å². The van der Waals surface area contributed by atoms with Gasteiger partial charge >= 0.3 is 0 Å². The van der Waals surface area contributed by atoms with Gasteiger partial charge in [0.1, 0.15) is 5.82 Å². The van der Waals surface area contributed by atoms with Gasteiger partial charge < -0.3 is 20.4 Å². The van der Waals surface area contributed by atoms with E-state index in [1.807, 2.05) is 36.4 Å². The summed E-state index contributed by atoms with van der Waals surface area (Å²) >= 11 is 0. The predicted molar refractivity (Wildman–Crippen MR) is 146 cm³/mol. The fourth-order valence-corrected chi connectivity index (χ4v) is 4.33. The smallest absolute Gasteiger partial charge is 0.255 e. The number of likely N-dealkylation sites (N-methyl/N-ethyl adjacent to an activating group) is 1. The van der Waals surface area contributed by atoms with Gasteiger partial charge in [0.05, 0.1) is 0 Å². The minimum Gasteiger partial charge on any atom is -0.338 e. The number of amides is 1. The Kier molecular flexibility index (Phi) is 7.04. The maximum absolute atomic E-state index is 12.8. The van der Waals surface area contributed by atoms with Gasteiger partial charge in [-0.2, -0.15) is 15.0 Å². The minimum atomic E-state index is -0.221. The monoisotopic (exact) mass is 494 g/mol. The van der Waals surface area contributed by atoms with Crippen LogP contribution in [0.3, 0.4) is 0 Å². The summed E-state index contributed by atoms with van der Waals surface area (Å²) in [4.78, 5) is 36.0. The van der Waals surface area contributed by atoms with Crippen molar-refractivity contribution in [2.24, 2.45) is 0 Å². The van der Waals surface area contributed by atoms with Crippen molar-refractivity contribution in [1.29, 1.82) is 0 Å². The van der Waals surface area contributed by atoms with E-state index in [4.69, 9.17) is 15.0 Å². The van der Waals surface area contributed by atoms with Crippen molar-refractivity contribution in [1.82, 2.24) is 24.8 Å². The molecule has 37 heavy (non-hydrogen) atoms. The third-order valence-electron chi connectivity index (χ3n) is 6.41. The molecule has 0 atom stereocenters. The van der Waals surface area contributed by atoms with Crippen LogP contribution in [0.25, 0.3) is 11.4 Å². The van der Waals surface area contributed by atoms with Crippen LogP contribution in [-0.2, 0) is 0 Å². The molecular formula is C28H30N8O. The van der Waals surface area contributed by atoms with Crippen LogP contribution in [0.5, 0.6) is 0 Å². The zero-order valence-electron chi connectivity index (χ0n) is 21.3. The van der Waals surface area contributed by atoms with Gasteiger partial charge in [-0.3, -0.25) is 4.79 Å². The summed E-state index contributed by atoms with van der Waals surface area (Å²) in [6.45, 7) is 7.66. The maximum Gasteiger partial charge on any atom is 0.255 e. The molecule has 1 aliphatic rings. The predicted octanol–water partition coefficient (Wildman–Crippen LogP) is 4.30. The molecule has 3 heterocycles. The molecule has 1 fully saturated rings. The van der Waals surface area contributed by atoms with Gasteiger partial charge in [0.25, 0.3) is 5.91 Å². The van der Waals surface area contributed by atoms with Crippen molar-refractivity contribution in [2.75, 3.05) is 48.8 Å². The standard InChI is InChI=1S/C28H30N8O/c1-19-8-7-9-20(2)24(19)25-32-27(34-28(33-25)36-16-14-35(3)15-17-36)31-23-18-21(12-13-29-23)26(37)30-22-10-5-4-6-11-22/h4-13,18H,14-17H2,1-3H3,(H,30,37)(H,29,31,32,33,34). The van der Waals surface area contributed by atoms with Crippen LogP contribution in [0.1, 0.15) is 21.5 Å². The highest BCUT2D eigenvalue weighted by molar-refractivity contribution is 6.04. The molecule has 1 amide bonds. The Labute approximate surface area is 216 Å². The molecule has 9 nitrogen and oxygen atoms in total. The molecule has 0 radical (unpaired) electrons. The number of benzene rings is 2. The lowest BCUT2D eigenvalue weighted by Gasteiger charge is -2.32. The number of nitrogens with one attached hydrogen (secondary N) is 2. The van der Waals surface area contributed by atoms with E-state index in [9.17, 15) is 4.79 Å². The summed E-state index contributed by atoms with van der Waals surface area (Å²) < 4.78 is 0. The summed E-state index contributed by atoms with van der Waals surface area (Å²) in [5, 5.41) is 6.11. The third kappa shape index (κ3) is 5.73. The summed E-state index contributed by atoms with van der Waals surface area (Å²) in [7, 11) is 2.12. The Morgan fingerprint density at radius 2 is 1.59 bits per heavy atom. The summed E-state index contributed by atoms with van der Waals surface area (Å²) in [6, 6.07) is 18.9. The number of piperazine rings is 1. The maximum atomic E-state index is 12.8. The molecule has 2 aromatic heterocycles. The average molecular weight is 495 g/mol. The molecule has 2 N–H and O–H groups in total. The fraction of sp³-hybridized carbons (Fsp3) is 0.250. The molecule has 1 saturated heterocycles. The van der Waals surface area contributed by atoms with Gasteiger partial charge in [-0.15, -0.1) is 0 Å². The molecule has 2 aromatic carbocycles. The van der Waals surface area contributed by atoms with Gasteiger partial charge in [0, 0.05) is 49.2 Å².